The monoisotopic (exact) mass is 588 g/mol. The van der Waals surface area contributed by atoms with Crippen molar-refractivity contribution < 1.29 is 40.6 Å². The molecule has 0 aliphatic heterocycles. The van der Waals surface area contributed by atoms with Crippen LogP contribution in [0.15, 0.2) is 52.4 Å². The molecule has 0 bridgehead atoms. The summed E-state index contributed by atoms with van der Waals surface area (Å²) in [5, 5.41) is 10.0. The molecule has 1 fully saturated rings. The summed E-state index contributed by atoms with van der Waals surface area (Å²) < 4.78 is 94.9. The van der Waals surface area contributed by atoms with Gasteiger partial charge in [-0.05, 0) is 43.1 Å². The number of sulfonamides is 1. The fourth-order valence-electron chi connectivity index (χ4n) is 5.56. The van der Waals surface area contributed by atoms with Crippen LogP contribution >= 0.6 is 11.3 Å². The number of carboxylic acid groups (broad SMARTS) is 1. The lowest BCUT2D eigenvalue weighted by Gasteiger charge is -2.51. The quantitative estimate of drug-likeness (QED) is 0.374. The van der Waals surface area contributed by atoms with E-state index in [1.807, 2.05) is 13.8 Å². The second kappa shape index (κ2) is 10.2. The van der Waals surface area contributed by atoms with Gasteiger partial charge < -0.3 is 9.84 Å². The number of rotatable bonds is 7. The van der Waals surface area contributed by atoms with Gasteiger partial charge in [0.1, 0.15) is 17.0 Å². The van der Waals surface area contributed by atoms with Crippen LogP contribution in [0.25, 0.3) is 0 Å². The second-order valence-electron chi connectivity index (χ2n) is 10.5. The minimum atomic E-state index is -4.91. The number of hydrogen-bond acceptors (Lipinski definition) is 6. The van der Waals surface area contributed by atoms with Gasteiger partial charge >= 0.3 is 12.1 Å². The van der Waals surface area contributed by atoms with E-state index in [1.165, 1.54) is 17.7 Å². The number of carboxylic acids is 1. The molecule has 2 atom stereocenters. The Morgan fingerprint density at radius 3 is 2.41 bits per heavy atom. The number of halogens is 4. The molecule has 2 aromatic rings. The number of aromatic nitrogens is 1. The number of carbonyl (C=O) groups is 1. The predicted octanol–water partition coefficient (Wildman–Crippen LogP) is 6.44. The minimum absolute atomic E-state index is 0.168. The van der Waals surface area contributed by atoms with Crippen LogP contribution in [0.4, 0.5) is 23.2 Å². The average Bonchev–Trinajstić information content (AvgIpc) is 3.40. The van der Waals surface area contributed by atoms with Crippen LogP contribution in [0, 0.1) is 22.6 Å². The van der Waals surface area contributed by atoms with Gasteiger partial charge in [-0.3, -0.25) is 4.31 Å². The van der Waals surface area contributed by atoms with Crippen molar-refractivity contribution in [2.75, 3.05) is 11.4 Å². The van der Waals surface area contributed by atoms with E-state index in [2.05, 4.69) is 4.98 Å². The molecule has 2 unspecified atom stereocenters. The number of methoxy groups -OCH3 is 1. The summed E-state index contributed by atoms with van der Waals surface area (Å²) in [4.78, 5) is 15.4. The summed E-state index contributed by atoms with van der Waals surface area (Å²) in [5.41, 5.74) is -3.01. The first-order valence-corrected chi connectivity index (χ1v) is 14.5. The van der Waals surface area contributed by atoms with E-state index in [0.29, 0.717) is 23.2 Å². The highest BCUT2D eigenvalue weighted by Crippen LogP contribution is 2.58. The van der Waals surface area contributed by atoms with Crippen molar-refractivity contribution in [1.29, 1.82) is 0 Å². The Kier molecular flexibility index (Phi) is 7.63. The third-order valence-electron chi connectivity index (χ3n) is 7.69. The van der Waals surface area contributed by atoms with E-state index < -0.39 is 67.4 Å². The smallest absolute Gasteiger partial charge is 0.400 e. The van der Waals surface area contributed by atoms with E-state index in [9.17, 15) is 18.3 Å². The van der Waals surface area contributed by atoms with E-state index in [1.54, 1.807) is 0 Å². The number of nitrogens with zero attached hydrogens (tertiary/aromatic N) is 2. The summed E-state index contributed by atoms with van der Waals surface area (Å²) in [6.07, 6.45) is 1.19. The molecule has 1 aromatic heterocycles. The zero-order chi connectivity index (χ0) is 28.8. The lowest BCUT2D eigenvalue weighted by Crippen LogP contribution is -2.60. The van der Waals surface area contributed by atoms with Crippen LogP contribution < -0.4 is 9.04 Å². The molecule has 1 heterocycles. The number of ether oxygens (including phenoxy) is 1. The van der Waals surface area contributed by atoms with Crippen molar-refractivity contribution in [3.8, 4) is 5.75 Å². The molecule has 0 amide bonds. The van der Waals surface area contributed by atoms with Crippen LogP contribution in [0.3, 0.4) is 0 Å². The Morgan fingerprint density at radius 2 is 1.87 bits per heavy atom. The third kappa shape index (κ3) is 5.06. The molecular formula is C26H28F4N2O5S2. The number of hydrogen-bond donors (Lipinski definition) is 1. The number of anilines is 1. The van der Waals surface area contributed by atoms with Crippen molar-refractivity contribution in [3.63, 3.8) is 0 Å². The van der Waals surface area contributed by atoms with E-state index in [-0.39, 0.29) is 18.3 Å². The standard InChI is InChI=1S/C26H28F4N2O5S2/c1-24(2)10-7-16(8-11-24)25(26(28,29)30)9-5-4-6-21(25)32(39(35,36)22-14-38-15-31-22)19-13-18(27)17(23(33)34)12-20(19)37-3/h4-6,9,12-16,21H,7-8,10-11H2,1-3H3,(H,33,34). The normalized spacial score (nSPS) is 23.5. The first-order chi connectivity index (χ1) is 18.2. The van der Waals surface area contributed by atoms with Crippen molar-refractivity contribution in [2.45, 2.75) is 56.8 Å². The van der Waals surface area contributed by atoms with Crippen LogP contribution in [0.5, 0.6) is 5.75 Å². The SMILES string of the molecule is COc1cc(C(=O)O)c(F)cc1N(C1C=CC=CC1(C1CCC(C)(C)CC1)C(F)(F)F)S(=O)(=O)c1cscn1. The maximum atomic E-state index is 15.4. The highest BCUT2D eigenvalue weighted by atomic mass is 32.2. The molecule has 2 aliphatic rings. The molecule has 0 saturated heterocycles. The van der Waals surface area contributed by atoms with Crippen molar-refractivity contribution in [3.05, 3.63) is 58.7 Å². The maximum absolute atomic E-state index is 15.4. The largest absolute Gasteiger partial charge is 0.495 e. The number of alkyl halides is 3. The second-order valence-corrected chi connectivity index (χ2v) is 13.0. The molecule has 0 radical (unpaired) electrons. The van der Waals surface area contributed by atoms with Gasteiger partial charge in [-0.1, -0.05) is 38.2 Å². The highest BCUT2D eigenvalue weighted by molar-refractivity contribution is 7.92. The molecule has 13 heteroatoms. The van der Waals surface area contributed by atoms with Crippen LogP contribution in [-0.4, -0.2) is 43.8 Å². The Labute approximate surface area is 227 Å². The molecule has 1 aromatic carbocycles. The fraction of sp³-hybridized carbons (Fsp3) is 0.462. The molecule has 4 rings (SSSR count). The molecule has 0 spiro atoms. The molecule has 212 valence electrons. The summed E-state index contributed by atoms with van der Waals surface area (Å²) in [6.45, 7) is 3.96. The number of allylic oxidation sites excluding steroid dienone is 2. The van der Waals surface area contributed by atoms with Crippen LogP contribution in [0.1, 0.15) is 49.9 Å². The summed E-state index contributed by atoms with van der Waals surface area (Å²) in [7, 11) is -3.74. The third-order valence-corrected chi connectivity index (χ3v) is 10.1. The first-order valence-electron chi connectivity index (χ1n) is 12.1. The summed E-state index contributed by atoms with van der Waals surface area (Å²) >= 11 is 0.924. The lowest BCUT2D eigenvalue weighted by molar-refractivity contribution is -0.231. The summed E-state index contributed by atoms with van der Waals surface area (Å²) in [6, 6.07) is -0.537. The van der Waals surface area contributed by atoms with E-state index in [0.717, 1.165) is 42.0 Å². The Balaban J connectivity index is 2.02. The Morgan fingerprint density at radius 1 is 1.21 bits per heavy atom. The molecule has 1 saturated carbocycles. The van der Waals surface area contributed by atoms with Crippen molar-refractivity contribution in [2.24, 2.45) is 16.7 Å². The molecule has 2 aliphatic carbocycles. The van der Waals surface area contributed by atoms with Gasteiger partial charge in [0.25, 0.3) is 10.0 Å². The number of benzene rings is 1. The van der Waals surface area contributed by atoms with Crippen LogP contribution in [-0.2, 0) is 10.0 Å². The zero-order valence-corrected chi connectivity index (χ0v) is 23.0. The lowest BCUT2D eigenvalue weighted by atomic mass is 9.59. The number of thiazole rings is 1. The van der Waals surface area contributed by atoms with Gasteiger partial charge in [0.2, 0.25) is 0 Å². The van der Waals surface area contributed by atoms with E-state index >= 15 is 17.6 Å². The van der Waals surface area contributed by atoms with Gasteiger partial charge in [0.15, 0.2) is 5.03 Å². The van der Waals surface area contributed by atoms with Gasteiger partial charge in [0.05, 0.1) is 29.9 Å². The minimum Gasteiger partial charge on any atom is -0.495 e. The maximum Gasteiger partial charge on any atom is 0.400 e. The van der Waals surface area contributed by atoms with Gasteiger partial charge in [0, 0.05) is 11.4 Å². The van der Waals surface area contributed by atoms with E-state index in [4.69, 9.17) is 4.74 Å². The molecule has 1 N–H and O–H groups in total. The van der Waals surface area contributed by atoms with Crippen LogP contribution in [0.2, 0.25) is 0 Å². The Bertz CT molecular complexity index is 1390. The summed E-state index contributed by atoms with van der Waals surface area (Å²) in [5.74, 6) is -4.39. The topological polar surface area (TPSA) is 96.8 Å². The average molecular weight is 589 g/mol. The zero-order valence-electron chi connectivity index (χ0n) is 21.4. The van der Waals surface area contributed by atoms with Crippen molar-refractivity contribution >= 4 is 33.0 Å². The predicted molar refractivity (Wildman–Crippen MR) is 138 cm³/mol. The highest BCUT2D eigenvalue weighted by Gasteiger charge is 2.65. The molecule has 7 nitrogen and oxygen atoms in total. The molecule has 39 heavy (non-hydrogen) atoms. The number of aromatic carboxylic acids is 1. The van der Waals surface area contributed by atoms with Crippen molar-refractivity contribution in [1.82, 2.24) is 4.98 Å². The first kappa shape index (κ1) is 29.1. The fourth-order valence-corrected chi connectivity index (χ4v) is 8.03. The van der Waals surface area contributed by atoms with Gasteiger partial charge in [-0.2, -0.15) is 21.6 Å². The molecular weight excluding hydrogens is 560 g/mol. The Hall–Kier alpha value is -2.93. The van der Waals surface area contributed by atoms with Gasteiger partial charge in [-0.25, -0.2) is 14.2 Å². The van der Waals surface area contributed by atoms with Gasteiger partial charge in [-0.15, -0.1) is 11.3 Å².